The molecule has 0 fully saturated rings. The van der Waals surface area contributed by atoms with Crippen molar-refractivity contribution in [2.24, 2.45) is 0 Å². The summed E-state index contributed by atoms with van der Waals surface area (Å²) < 4.78 is 2.24. The number of nitrogen functional groups attached to an aromatic ring is 1. The van der Waals surface area contributed by atoms with Crippen molar-refractivity contribution in [2.75, 3.05) is 5.84 Å². The van der Waals surface area contributed by atoms with Gasteiger partial charge in [0.15, 0.2) is 0 Å². The summed E-state index contributed by atoms with van der Waals surface area (Å²) in [5.41, 5.74) is 1.07. The van der Waals surface area contributed by atoms with E-state index in [0.717, 1.165) is 20.4 Å². The lowest BCUT2D eigenvalue weighted by Gasteiger charge is -2.08. The average Bonchev–Trinajstić information content (AvgIpc) is 2.34. The van der Waals surface area contributed by atoms with Crippen LogP contribution in [0.5, 0.6) is 0 Å². The van der Waals surface area contributed by atoms with Gasteiger partial charge >= 0.3 is 5.69 Å². The van der Waals surface area contributed by atoms with E-state index in [1.807, 2.05) is 31.2 Å². The fraction of sp³-hybridized carbons (Fsp3) is 0.167. The average molecular weight is 310 g/mol. The van der Waals surface area contributed by atoms with Crippen LogP contribution in [0.1, 0.15) is 11.1 Å². The van der Waals surface area contributed by atoms with E-state index in [4.69, 9.17) is 5.84 Å². The topological polar surface area (TPSA) is 70.0 Å². The van der Waals surface area contributed by atoms with Gasteiger partial charge in [0.2, 0.25) is 0 Å². The van der Waals surface area contributed by atoms with Crippen molar-refractivity contribution in [1.29, 1.82) is 0 Å². The van der Waals surface area contributed by atoms with Gasteiger partial charge < -0.3 is 5.84 Å². The summed E-state index contributed by atoms with van der Waals surface area (Å²) in [6, 6.07) is 7.62. The van der Waals surface area contributed by atoms with Crippen LogP contribution in [-0.2, 0) is 6.54 Å². The number of nitrogens with zero attached hydrogens (tertiary/aromatic N) is 2. The second-order valence-electron chi connectivity index (χ2n) is 4.04. The molecule has 0 atom stereocenters. The zero-order valence-corrected chi connectivity index (χ0v) is 11.3. The minimum Gasteiger partial charge on any atom is -0.335 e. The Morgan fingerprint density at radius 3 is 2.44 bits per heavy atom. The highest BCUT2D eigenvalue weighted by Gasteiger charge is 2.08. The quantitative estimate of drug-likeness (QED) is 0.836. The van der Waals surface area contributed by atoms with Crippen molar-refractivity contribution in [1.82, 2.24) is 9.24 Å². The molecule has 1 aromatic heterocycles. The Bertz CT molecular complexity index is 652. The molecule has 2 N–H and O–H groups in total. The van der Waals surface area contributed by atoms with Gasteiger partial charge in [-0.1, -0.05) is 29.8 Å². The summed E-state index contributed by atoms with van der Waals surface area (Å²) in [5.74, 6) is 5.48. The maximum absolute atomic E-state index is 11.9. The third-order valence-electron chi connectivity index (χ3n) is 2.61. The predicted octanol–water partition coefficient (Wildman–Crippen LogP) is 0.843. The van der Waals surface area contributed by atoms with Crippen LogP contribution in [0.2, 0.25) is 0 Å². The Morgan fingerprint density at radius 1 is 1.22 bits per heavy atom. The number of hydrogen-bond donors (Lipinski definition) is 1. The SMILES string of the molecule is Cc1ccc(Cn2c(=O)c(Br)cn(N)c2=O)cc1. The Labute approximate surface area is 112 Å². The van der Waals surface area contributed by atoms with Gasteiger partial charge in [-0.15, -0.1) is 0 Å². The Hall–Kier alpha value is -1.82. The number of aryl methyl sites for hydroxylation is 1. The van der Waals surface area contributed by atoms with Crippen molar-refractivity contribution < 1.29 is 0 Å². The lowest BCUT2D eigenvalue weighted by atomic mass is 10.1. The van der Waals surface area contributed by atoms with Gasteiger partial charge in [0.25, 0.3) is 5.56 Å². The molecular formula is C12H12BrN3O2. The van der Waals surface area contributed by atoms with E-state index in [2.05, 4.69) is 15.9 Å². The molecule has 0 bridgehead atoms. The molecular weight excluding hydrogens is 298 g/mol. The van der Waals surface area contributed by atoms with Gasteiger partial charge in [-0.2, -0.15) is 0 Å². The molecule has 1 heterocycles. The molecule has 0 unspecified atom stereocenters. The smallest absolute Gasteiger partial charge is 0.335 e. The second kappa shape index (κ2) is 4.81. The lowest BCUT2D eigenvalue weighted by molar-refractivity contribution is 0.651. The molecule has 0 radical (unpaired) electrons. The van der Waals surface area contributed by atoms with Crippen molar-refractivity contribution >= 4 is 15.9 Å². The van der Waals surface area contributed by atoms with E-state index in [0.29, 0.717) is 0 Å². The van der Waals surface area contributed by atoms with Gasteiger partial charge in [0.05, 0.1) is 12.7 Å². The van der Waals surface area contributed by atoms with Crippen LogP contribution in [0, 0.1) is 6.92 Å². The van der Waals surface area contributed by atoms with Gasteiger partial charge in [-0.3, -0.25) is 9.36 Å². The highest BCUT2D eigenvalue weighted by molar-refractivity contribution is 9.10. The minimum atomic E-state index is -0.538. The molecule has 0 spiro atoms. The summed E-state index contributed by atoms with van der Waals surface area (Å²) in [5, 5.41) is 0. The first-order valence-corrected chi connectivity index (χ1v) is 6.11. The summed E-state index contributed by atoms with van der Waals surface area (Å²) >= 11 is 3.08. The number of halogens is 1. The van der Waals surface area contributed by atoms with E-state index >= 15 is 0 Å². The lowest BCUT2D eigenvalue weighted by Crippen LogP contribution is -2.42. The number of hydrogen-bond acceptors (Lipinski definition) is 3. The van der Waals surface area contributed by atoms with Crippen LogP contribution in [0.15, 0.2) is 44.5 Å². The molecule has 0 saturated heterocycles. The molecule has 2 aromatic rings. The maximum Gasteiger partial charge on any atom is 0.349 e. The number of benzene rings is 1. The summed E-state index contributed by atoms with van der Waals surface area (Å²) in [6.45, 7) is 2.18. The van der Waals surface area contributed by atoms with Crippen LogP contribution in [-0.4, -0.2) is 9.24 Å². The first-order valence-electron chi connectivity index (χ1n) is 5.31. The number of rotatable bonds is 2. The molecule has 94 valence electrons. The van der Waals surface area contributed by atoms with Gasteiger partial charge in [0.1, 0.15) is 4.47 Å². The van der Waals surface area contributed by atoms with E-state index in [1.165, 1.54) is 6.20 Å². The molecule has 6 heteroatoms. The highest BCUT2D eigenvalue weighted by atomic mass is 79.9. The number of nitrogens with two attached hydrogens (primary N) is 1. The predicted molar refractivity (Wildman–Crippen MR) is 73.1 cm³/mol. The van der Waals surface area contributed by atoms with Gasteiger partial charge in [-0.25, -0.2) is 9.47 Å². The highest BCUT2D eigenvalue weighted by Crippen LogP contribution is 2.04. The first-order chi connectivity index (χ1) is 8.49. The van der Waals surface area contributed by atoms with Gasteiger partial charge in [0, 0.05) is 0 Å². The second-order valence-corrected chi connectivity index (χ2v) is 4.90. The zero-order chi connectivity index (χ0) is 13.3. The van der Waals surface area contributed by atoms with Crippen molar-refractivity contribution in [3.8, 4) is 0 Å². The largest absolute Gasteiger partial charge is 0.349 e. The first kappa shape index (κ1) is 12.6. The third kappa shape index (κ3) is 2.38. The molecule has 1 aromatic carbocycles. The summed E-state index contributed by atoms with van der Waals surface area (Å²) in [4.78, 5) is 23.7. The molecule has 0 amide bonds. The standard InChI is InChI=1S/C12H12BrN3O2/c1-8-2-4-9(5-3-8)6-15-11(17)10(13)7-16(14)12(15)18/h2-5,7H,6,14H2,1H3. The fourth-order valence-corrected chi connectivity index (χ4v) is 2.04. The van der Waals surface area contributed by atoms with E-state index < -0.39 is 5.69 Å². The fourth-order valence-electron chi connectivity index (χ4n) is 1.60. The summed E-state index contributed by atoms with van der Waals surface area (Å²) in [7, 11) is 0. The summed E-state index contributed by atoms with van der Waals surface area (Å²) in [6.07, 6.45) is 1.26. The Morgan fingerprint density at radius 2 is 1.83 bits per heavy atom. The van der Waals surface area contributed by atoms with E-state index in [1.54, 1.807) is 0 Å². The molecule has 0 aliphatic carbocycles. The number of aromatic nitrogens is 2. The Balaban J connectivity index is 2.50. The van der Waals surface area contributed by atoms with Crippen LogP contribution in [0.25, 0.3) is 0 Å². The van der Waals surface area contributed by atoms with Crippen LogP contribution in [0.4, 0.5) is 0 Å². The van der Waals surface area contributed by atoms with Crippen LogP contribution < -0.4 is 17.1 Å². The molecule has 18 heavy (non-hydrogen) atoms. The van der Waals surface area contributed by atoms with Crippen molar-refractivity contribution in [2.45, 2.75) is 13.5 Å². The molecule has 0 saturated carbocycles. The van der Waals surface area contributed by atoms with Crippen LogP contribution in [0.3, 0.4) is 0 Å². The van der Waals surface area contributed by atoms with Crippen LogP contribution >= 0.6 is 15.9 Å². The normalized spacial score (nSPS) is 10.6. The molecule has 0 aliphatic heterocycles. The van der Waals surface area contributed by atoms with Crippen molar-refractivity contribution in [3.63, 3.8) is 0 Å². The maximum atomic E-state index is 11.9. The zero-order valence-electron chi connectivity index (χ0n) is 9.76. The van der Waals surface area contributed by atoms with E-state index in [9.17, 15) is 9.59 Å². The Kier molecular flexibility index (Phi) is 3.38. The van der Waals surface area contributed by atoms with E-state index in [-0.39, 0.29) is 16.6 Å². The van der Waals surface area contributed by atoms with Gasteiger partial charge in [-0.05, 0) is 28.4 Å². The monoisotopic (exact) mass is 309 g/mol. The molecule has 0 aliphatic rings. The van der Waals surface area contributed by atoms with Crippen molar-refractivity contribution in [3.05, 3.63) is 66.9 Å². The molecule has 2 rings (SSSR count). The molecule has 5 nitrogen and oxygen atoms in total. The third-order valence-corrected chi connectivity index (χ3v) is 3.16. The minimum absolute atomic E-state index is 0.203.